The zero-order chi connectivity index (χ0) is 19.1. The van der Waals surface area contributed by atoms with E-state index in [9.17, 15) is 19.7 Å². The van der Waals surface area contributed by atoms with Gasteiger partial charge in [-0.1, -0.05) is 0 Å². The van der Waals surface area contributed by atoms with Gasteiger partial charge in [-0.05, 0) is 47.9 Å². The lowest BCUT2D eigenvalue weighted by molar-refractivity contribution is -0.384. The molecule has 8 nitrogen and oxygen atoms in total. The maximum Gasteiger partial charge on any atom is 0.306 e. The first kappa shape index (κ1) is 19.4. The van der Waals surface area contributed by atoms with Crippen LogP contribution in [0.5, 0.6) is 5.75 Å². The van der Waals surface area contributed by atoms with E-state index >= 15 is 0 Å². The van der Waals surface area contributed by atoms with Gasteiger partial charge in [-0.15, -0.1) is 0 Å². The van der Waals surface area contributed by atoms with E-state index in [2.05, 4.69) is 5.32 Å². The summed E-state index contributed by atoms with van der Waals surface area (Å²) in [5.41, 5.74) is 0.716. The Hall–Kier alpha value is -2.94. The number of rotatable bonds is 8. The Bertz CT molecular complexity index is 791. The number of methoxy groups -OCH3 is 1. The van der Waals surface area contributed by atoms with Gasteiger partial charge in [0.1, 0.15) is 11.4 Å². The van der Waals surface area contributed by atoms with Gasteiger partial charge in [0, 0.05) is 6.42 Å². The van der Waals surface area contributed by atoms with E-state index in [1.807, 2.05) is 16.8 Å². The molecule has 2 aromatic rings. The van der Waals surface area contributed by atoms with Crippen LogP contribution in [0, 0.1) is 10.1 Å². The van der Waals surface area contributed by atoms with E-state index in [0.29, 0.717) is 12.2 Å². The fourth-order valence-corrected chi connectivity index (χ4v) is 2.82. The van der Waals surface area contributed by atoms with Gasteiger partial charge >= 0.3 is 5.97 Å². The number of hydrogen-bond donors (Lipinski definition) is 1. The maximum absolute atomic E-state index is 12.2. The quantitative estimate of drug-likeness (QED) is 0.429. The minimum atomic E-state index is -1.08. The number of amides is 1. The molecule has 1 heterocycles. The van der Waals surface area contributed by atoms with Crippen LogP contribution in [0.1, 0.15) is 18.9 Å². The molecule has 1 aromatic carbocycles. The zero-order valence-electron chi connectivity index (χ0n) is 14.3. The van der Waals surface area contributed by atoms with Gasteiger partial charge in [-0.25, -0.2) is 0 Å². The van der Waals surface area contributed by atoms with E-state index in [4.69, 9.17) is 9.47 Å². The molecule has 1 amide bonds. The van der Waals surface area contributed by atoms with E-state index < -0.39 is 22.9 Å². The van der Waals surface area contributed by atoms with Gasteiger partial charge in [0.2, 0.25) is 0 Å². The Balaban J connectivity index is 1.94. The summed E-state index contributed by atoms with van der Waals surface area (Å²) in [6, 6.07) is 5.96. The first-order valence-corrected chi connectivity index (χ1v) is 8.69. The van der Waals surface area contributed by atoms with Crippen molar-refractivity contribution >= 4 is 34.6 Å². The number of nitro benzene ring substituents is 1. The summed E-state index contributed by atoms with van der Waals surface area (Å²) in [5, 5.41) is 17.4. The van der Waals surface area contributed by atoms with Crippen molar-refractivity contribution < 1.29 is 24.0 Å². The van der Waals surface area contributed by atoms with Gasteiger partial charge in [0.05, 0.1) is 18.1 Å². The van der Waals surface area contributed by atoms with Crippen LogP contribution in [-0.2, 0) is 20.7 Å². The summed E-state index contributed by atoms with van der Waals surface area (Å²) >= 11 is 1.54. The molecule has 0 saturated heterocycles. The summed E-state index contributed by atoms with van der Waals surface area (Å²) in [6.45, 7) is 1.41. The molecule has 0 unspecified atom stereocenters. The van der Waals surface area contributed by atoms with Crippen LogP contribution >= 0.6 is 11.3 Å². The number of aryl methyl sites for hydroxylation is 1. The highest BCUT2D eigenvalue weighted by atomic mass is 32.1. The minimum Gasteiger partial charge on any atom is -0.496 e. The third kappa shape index (κ3) is 5.28. The molecule has 9 heteroatoms. The van der Waals surface area contributed by atoms with Crippen LogP contribution in [-0.4, -0.2) is 30.0 Å². The van der Waals surface area contributed by atoms with Crippen LogP contribution in [0.3, 0.4) is 0 Å². The summed E-state index contributed by atoms with van der Waals surface area (Å²) in [6.07, 6.45) is -0.399. The number of hydrogen-bond acceptors (Lipinski definition) is 7. The number of nitrogens with zero attached hydrogens (tertiary/aromatic N) is 1. The van der Waals surface area contributed by atoms with Crippen LogP contribution in [0.4, 0.5) is 11.4 Å². The molecular weight excluding hydrogens is 360 g/mol. The highest BCUT2D eigenvalue weighted by Crippen LogP contribution is 2.29. The van der Waals surface area contributed by atoms with Gasteiger partial charge in [0.25, 0.3) is 11.6 Å². The summed E-state index contributed by atoms with van der Waals surface area (Å²) in [7, 11) is 1.38. The minimum absolute atomic E-state index is 0.00183. The predicted octanol–water partition coefficient (Wildman–Crippen LogP) is 3.17. The molecule has 0 bridgehead atoms. The third-order valence-electron chi connectivity index (χ3n) is 3.53. The van der Waals surface area contributed by atoms with Crippen molar-refractivity contribution in [3.63, 3.8) is 0 Å². The largest absolute Gasteiger partial charge is 0.496 e. The molecular formula is C17H18N2O6S. The molecule has 26 heavy (non-hydrogen) atoms. The number of nitro groups is 1. The van der Waals surface area contributed by atoms with Crippen molar-refractivity contribution in [1.29, 1.82) is 0 Å². The molecule has 0 saturated carbocycles. The van der Waals surface area contributed by atoms with Gasteiger partial charge in [0.15, 0.2) is 6.10 Å². The normalized spacial score (nSPS) is 11.5. The number of benzene rings is 1. The number of carbonyl (C=O) groups is 2. The number of anilines is 1. The zero-order valence-corrected chi connectivity index (χ0v) is 15.1. The van der Waals surface area contributed by atoms with Crippen molar-refractivity contribution in [2.75, 3.05) is 12.4 Å². The van der Waals surface area contributed by atoms with E-state index in [1.54, 1.807) is 0 Å². The number of thiophene rings is 1. The van der Waals surface area contributed by atoms with Crippen LogP contribution in [0.2, 0.25) is 0 Å². The lowest BCUT2D eigenvalue weighted by Gasteiger charge is -2.14. The number of esters is 1. The molecule has 0 aliphatic rings. The molecule has 138 valence electrons. The second kappa shape index (κ2) is 8.95. The fraction of sp³-hybridized carbons (Fsp3) is 0.294. The van der Waals surface area contributed by atoms with Crippen molar-refractivity contribution in [3.8, 4) is 5.75 Å². The molecule has 0 aliphatic heterocycles. The Morgan fingerprint density at radius 1 is 1.35 bits per heavy atom. The number of ether oxygens (including phenoxy) is 2. The van der Waals surface area contributed by atoms with Gasteiger partial charge in [-0.3, -0.25) is 19.7 Å². The predicted molar refractivity (Wildman–Crippen MR) is 96.5 cm³/mol. The summed E-state index contributed by atoms with van der Waals surface area (Å²) in [4.78, 5) is 34.5. The van der Waals surface area contributed by atoms with Crippen molar-refractivity contribution in [1.82, 2.24) is 0 Å². The molecule has 0 radical (unpaired) electrons. The highest BCUT2D eigenvalue weighted by Gasteiger charge is 2.22. The Kier molecular flexibility index (Phi) is 6.67. The van der Waals surface area contributed by atoms with Crippen molar-refractivity contribution in [2.24, 2.45) is 0 Å². The molecule has 0 aliphatic carbocycles. The third-order valence-corrected chi connectivity index (χ3v) is 4.27. The molecule has 1 aromatic heterocycles. The lowest BCUT2D eigenvalue weighted by atomic mass is 10.2. The Morgan fingerprint density at radius 3 is 2.73 bits per heavy atom. The molecule has 2 rings (SSSR count). The first-order chi connectivity index (χ1) is 12.4. The van der Waals surface area contributed by atoms with Crippen LogP contribution < -0.4 is 10.1 Å². The average Bonchev–Trinajstić information content (AvgIpc) is 3.13. The monoisotopic (exact) mass is 378 g/mol. The molecule has 1 atom stereocenters. The number of nitrogens with one attached hydrogen (secondary N) is 1. The Morgan fingerprint density at radius 2 is 2.12 bits per heavy atom. The number of carbonyl (C=O) groups excluding carboxylic acids is 2. The van der Waals surface area contributed by atoms with Gasteiger partial charge < -0.3 is 14.8 Å². The second-order valence-corrected chi connectivity index (χ2v) is 6.17. The summed E-state index contributed by atoms with van der Waals surface area (Å²) in [5.74, 6) is -0.868. The Labute approximate surface area is 153 Å². The first-order valence-electron chi connectivity index (χ1n) is 7.74. The smallest absolute Gasteiger partial charge is 0.306 e. The average molecular weight is 378 g/mol. The van der Waals surface area contributed by atoms with E-state index in [0.717, 1.165) is 5.56 Å². The van der Waals surface area contributed by atoms with Crippen molar-refractivity contribution in [2.45, 2.75) is 25.9 Å². The standard InChI is InChI=1S/C17H18N2O6S/c1-11(25-16(20)6-3-12-7-8-26-10-12)17(21)18-14-5-4-13(24-2)9-15(14)19(22)23/h4-5,7-11H,3,6H2,1-2H3,(H,18,21)/t11-/m0/s1. The topological polar surface area (TPSA) is 108 Å². The van der Waals surface area contributed by atoms with Gasteiger partial charge in [-0.2, -0.15) is 11.3 Å². The maximum atomic E-state index is 12.2. The molecule has 1 N–H and O–H groups in total. The summed E-state index contributed by atoms with van der Waals surface area (Å²) < 4.78 is 10.0. The molecule has 0 spiro atoms. The lowest BCUT2D eigenvalue weighted by Crippen LogP contribution is -2.30. The van der Waals surface area contributed by atoms with E-state index in [1.165, 1.54) is 43.6 Å². The van der Waals surface area contributed by atoms with Crippen LogP contribution in [0.25, 0.3) is 0 Å². The fourth-order valence-electron chi connectivity index (χ4n) is 2.12. The van der Waals surface area contributed by atoms with Crippen LogP contribution in [0.15, 0.2) is 35.0 Å². The van der Waals surface area contributed by atoms with E-state index in [-0.39, 0.29) is 17.8 Å². The second-order valence-electron chi connectivity index (χ2n) is 5.39. The van der Waals surface area contributed by atoms with Crippen molar-refractivity contribution in [3.05, 3.63) is 50.7 Å². The highest BCUT2D eigenvalue weighted by molar-refractivity contribution is 7.07. The molecule has 0 fully saturated rings. The SMILES string of the molecule is COc1ccc(NC(=O)[C@H](C)OC(=O)CCc2ccsc2)c([N+](=O)[O-])c1.